The van der Waals surface area contributed by atoms with Crippen LogP contribution in [0.15, 0.2) is 70.5 Å². The maximum atomic E-state index is 12.7. The van der Waals surface area contributed by atoms with Gasteiger partial charge in [-0.25, -0.2) is 8.42 Å². The minimum absolute atomic E-state index is 0.0287. The van der Waals surface area contributed by atoms with Crippen LogP contribution in [0.2, 0.25) is 0 Å². The molecule has 0 saturated carbocycles. The van der Waals surface area contributed by atoms with Gasteiger partial charge in [-0.2, -0.15) is 0 Å². The Morgan fingerprint density at radius 2 is 1.54 bits per heavy atom. The van der Waals surface area contributed by atoms with Crippen LogP contribution < -0.4 is 11.1 Å². The summed E-state index contributed by atoms with van der Waals surface area (Å²) >= 11 is 0. The number of allylic oxidation sites excluding steroid dienone is 1. The fourth-order valence-corrected chi connectivity index (χ4v) is 5.59. The van der Waals surface area contributed by atoms with Crippen molar-refractivity contribution in [2.45, 2.75) is 106 Å². The summed E-state index contributed by atoms with van der Waals surface area (Å²) in [5.41, 5.74) is 7.03. The summed E-state index contributed by atoms with van der Waals surface area (Å²) in [6, 6.07) is 12.8. The van der Waals surface area contributed by atoms with Gasteiger partial charge in [-0.05, 0) is 74.1 Å². The highest BCUT2D eigenvalue weighted by Crippen LogP contribution is 2.30. The summed E-state index contributed by atoms with van der Waals surface area (Å²) < 4.78 is 31.1. The average molecular weight is 527 g/mol. The molecule has 0 radical (unpaired) electrons. The second-order valence-electron chi connectivity index (χ2n) is 9.86. The van der Waals surface area contributed by atoms with Gasteiger partial charge in [0.2, 0.25) is 15.7 Å². The van der Waals surface area contributed by atoms with E-state index in [1.54, 1.807) is 36.4 Å². The zero-order valence-electron chi connectivity index (χ0n) is 22.0. The Hall–Kier alpha value is -2.64. The number of anilines is 1. The number of epoxide rings is 1. The van der Waals surface area contributed by atoms with Gasteiger partial charge in [0.25, 0.3) is 0 Å². The second-order valence-corrected chi connectivity index (χ2v) is 11.8. The number of nitrogen functional groups attached to an aromatic ring is 1. The smallest absolute Gasteiger partial charge is 0.220 e. The monoisotopic (exact) mass is 526 g/mol. The maximum absolute atomic E-state index is 12.7. The molecule has 2 aromatic rings. The van der Waals surface area contributed by atoms with Crippen LogP contribution in [0.1, 0.15) is 83.1 Å². The summed E-state index contributed by atoms with van der Waals surface area (Å²) in [4.78, 5) is 12.6. The molecule has 0 aliphatic carbocycles. The van der Waals surface area contributed by atoms with Crippen molar-refractivity contribution in [3.05, 3.63) is 66.2 Å². The van der Waals surface area contributed by atoms with Crippen LogP contribution in [0.5, 0.6) is 0 Å². The number of hydrogen-bond acceptors (Lipinski definition) is 5. The zero-order chi connectivity index (χ0) is 26.5. The van der Waals surface area contributed by atoms with Gasteiger partial charge in [0.15, 0.2) is 0 Å². The third-order valence-corrected chi connectivity index (χ3v) is 8.54. The van der Waals surface area contributed by atoms with E-state index in [1.807, 2.05) is 0 Å². The molecule has 1 aliphatic rings. The van der Waals surface area contributed by atoms with E-state index in [-0.39, 0.29) is 15.7 Å². The Morgan fingerprint density at radius 3 is 2.24 bits per heavy atom. The maximum Gasteiger partial charge on any atom is 0.220 e. The summed E-state index contributed by atoms with van der Waals surface area (Å²) in [7, 11) is -3.59. The molecule has 1 amide bonds. The molecule has 2 aromatic carbocycles. The lowest BCUT2D eigenvalue weighted by molar-refractivity contribution is -0.121. The molecule has 3 rings (SSSR count). The molecule has 1 saturated heterocycles. The summed E-state index contributed by atoms with van der Waals surface area (Å²) in [6.07, 6.45) is 17.4. The Morgan fingerprint density at radius 1 is 0.892 bits per heavy atom. The highest BCUT2D eigenvalue weighted by atomic mass is 32.2. The molecular formula is C30H42N2O4S. The van der Waals surface area contributed by atoms with Crippen LogP contribution in [0.4, 0.5) is 5.69 Å². The number of unbranched alkanes of at least 4 members (excludes halogenated alkanes) is 6. The lowest BCUT2D eigenvalue weighted by Crippen LogP contribution is -2.22. The number of nitrogens with two attached hydrogens (primary N) is 1. The molecule has 1 fully saturated rings. The molecule has 2 atom stereocenters. The number of carbonyl (C=O) groups is 1. The third kappa shape index (κ3) is 9.97. The molecule has 0 bridgehead atoms. The lowest BCUT2D eigenvalue weighted by Gasteiger charge is -2.08. The number of carbonyl (C=O) groups excluding carboxylic acids is 1. The Labute approximate surface area is 222 Å². The Kier molecular flexibility index (Phi) is 11.7. The highest BCUT2D eigenvalue weighted by Gasteiger charge is 2.36. The van der Waals surface area contributed by atoms with E-state index in [0.29, 0.717) is 30.9 Å². The van der Waals surface area contributed by atoms with Gasteiger partial charge in [-0.1, -0.05) is 63.3 Å². The topological polar surface area (TPSA) is 102 Å². The number of nitrogens with one attached hydrogen (secondary N) is 1. The first-order valence-electron chi connectivity index (χ1n) is 13.7. The third-order valence-electron chi connectivity index (χ3n) is 6.75. The second kappa shape index (κ2) is 14.9. The van der Waals surface area contributed by atoms with E-state index >= 15 is 0 Å². The van der Waals surface area contributed by atoms with Gasteiger partial charge in [-0.3, -0.25) is 4.79 Å². The predicted molar refractivity (Wildman–Crippen MR) is 149 cm³/mol. The van der Waals surface area contributed by atoms with Gasteiger partial charge < -0.3 is 15.8 Å². The lowest BCUT2D eigenvalue weighted by atomic mass is 10.1. The van der Waals surface area contributed by atoms with E-state index in [9.17, 15) is 13.2 Å². The number of hydrogen-bond donors (Lipinski definition) is 2. The average Bonchev–Trinajstić information content (AvgIpc) is 3.65. The standard InChI is InChI=1S/C30H42N2O4S/c1-2-3-12-28-29(36-28)13-10-8-6-4-5-7-9-11-14-30(33)32-23-24-15-19-26(20-16-24)37(34,35)27-21-17-25(31)18-22-27/h8,10,15-22,28-29H,2-7,9,11-14,23,31H2,1H3,(H,32,33)/b10-8+. The predicted octanol–water partition coefficient (Wildman–Crippen LogP) is 6.35. The Balaban J connectivity index is 1.22. The quantitative estimate of drug-likeness (QED) is 0.108. The summed E-state index contributed by atoms with van der Waals surface area (Å²) in [5, 5.41) is 2.93. The van der Waals surface area contributed by atoms with Gasteiger partial charge in [0.05, 0.1) is 22.0 Å². The molecule has 3 N–H and O–H groups in total. The molecule has 1 heterocycles. The first-order valence-corrected chi connectivity index (χ1v) is 15.1. The fraction of sp³-hybridized carbons (Fsp3) is 0.500. The minimum atomic E-state index is -3.59. The van der Waals surface area contributed by atoms with Crippen molar-refractivity contribution in [2.75, 3.05) is 5.73 Å². The summed E-state index contributed by atoms with van der Waals surface area (Å²) in [6.45, 7) is 2.61. The molecular weight excluding hydrogens is 484 g/mol. The van der Waals surface area contributed by atoms with Crippen molar-refractivity contribution >= 4 is 21.4 Å². The molecule has 1 aliphatic heterocycles. The van der Waals surface area contributed by atoms with Crippen LogP contribution in [-0.2, 0) is 25.9 Å². The normalized spacial score (nSPS) is 17.2. The van der Waals surface area contributed by atoms with Crippen molar-refractivity contribution in [1.82, 2.24) is 5.32 Å². The van der Waals surface area contributed by atoms with Crippen LogP contribution in [-0.4, -0.2) is 26.5 Å². The summed E-state index contributed by atoms with van der Waals surface area (Å²) in [5.74, 6) is 0.0287. The molecule has 0 spiro atoms. The van der Waals surface area contributed by atoms with Crippen LogP contribution in [0, 0.1) is 0 Å². The first kappa shape index (κ1) is 28.9. The molecule has 2 unspecified atom stereocenters. The van der Waals surface area contributed by atoms with Gasteiger partial charge >= 0.3 is 0 Å². The SMILES string of the molecule is CCCCC1OC1C/C=C/CCCCCCCC(=O)NCc1ccc(S(=O)(=O)c2ccc(N)cc2)cc1. The van der Waals surface area contributed by atoms with Crippen LogP contribution >= 0.6 is 0 Å². The number of ether oxygens (including phenoxy) is 1. The van der Waals surface area contributed by atoms with Gasteiger partial charge in [0, 0.05) is 18.7 Å². The van der Waals surface area contributed by atoms with Gasteiger partial charge in [0.1, 0.15) is 0 Å². The highest BCUT2D eigenvalue weighted by molar-refractivity contribution is 7.91. The van der Waals surface area contributed by atoms with E-state index in [2.05, 4.69) is 24.4 Å². The molecule has 7 heteroatoms. The van der Waals surface area contributed by atoms with Gasteiger partial charge in [-0.15, -0.1) is 0 Å². The zero-order valence-corrected chi connectivity index (χ0v) is 22.8. The number of sulfone groups is 1. The largest absolute Gasteiger partial charge is 0.399 e. The minimum Gasteiger partial charge on any atom is -0.399 e. The number of amides is 1. The number of rotatable bonds is 17. The fourth-order valence-electron chi connectivity index (χ4n) is 4.33. The van der Waals surface area contributed by atoms with E-state index < -0.39 is 9.84 Å². The molecule has 0 aromatic heterocycles. The molecule has 202 valence electrons. The van der Waals surface area contributed by atoms with Crippen molar-refractivity contribution in [3.63, 3.8) is 0 Å². The van der Waals surface area contributed by atoms with Crippen LogP contribution in [0.25, 0.3) is 0 Å². The van der Waals surface area contributed by atoms with Crippen molar-refractivity contribution in [3.8, 4) is 0 Å². The number of benzene rings is 2. The van der Waals surface area contributed by atoms with E-state index in [4.69, 9.17) is 10.5 Å². The van der Waals surface area contributed by atoms with Crippen molar-refractivity contribution < 1.29 is 17.9 Å². The van der Waals surface area contributed by atoms with E-state index in [1.165, 1.54) is 44.2 Å². The molecule has 37 heavy (non-hydrogen) atoms. The van der Waals surface area contributed by atoms with E-state index in [0.717, 1.165) is 37.7 Å². The first-order chi connectivity index (χ1) is 17.9. The van der Waals surface area contributed by atoms with Crippen molar-refractivity contribution in [2.24, 2.45) is 0 Å². The van der Waals surface area contributed by atoms with Crippen molar-refractivity contribution in [1.29, 1.82) is 0 Å². The van der Waals surface area contributed by atoms with Crippen LogP contribution in [0.3, 0.4) is 0 Å². The Bertz CT molecular complexity index is 1100. The molecule has 6 nitrogen and oxygen atoms in total.